The molecular formula is C13H10FN5O. The van der Waals surface area contributed by atoms with E-state index in [-0.39, 0.29) is 5.69 Å². The standard InChI is InChI=1S/C13H10FN5O/c1-6-2-3-8-7(4-18-19-8)9(6)11-10(14)12(13(15)20)17-5-16-11/h2-5H,1H3,(H2,15,20)(H,18,19). The van der Waals surface area contributed by atoms with Crippen molar-refractivity contribution in [1.29, 1.82) is 0 Å². The maximum absolute atomic E-state index is 14.4. The lowest BCUT2D eigenvalue weighted by molar-refractivity contribution is 0.0991. The summed E-state index contributed by atoms with van der Waals surface area (Å²) >= 11 is 0. The second-order valence-electron chi connectivity index (χ2n) is 4.34. The fraction of sp³-hybridized carbons (Fsp3) is 0.0769. The molecule has 1 amide bonds. The number of nitrogens with one attached hydrogen (secondary N) is 1. The van der Waals surface area contributed by atoms with Crippen LogP contribution in [0.1, 0.15) is 16.1 Å². The summed E-state index contributed by atoms with van der Waals surface area (Å²) in [4.78, 5) is 18.7. The third-order valence-electron chi connectivity index (χ3n) is 3.09. The molecule has 3 aromatic rings. The quantitative estimate of drug-likeness (QED) is 0.739. The van der Waals surface area contributed by atoms with Crippen LogP contribution in [-0.2, 0) is 0 Å². The first-order valence-corrected chi connectivity index (χ1v) is 5.83. The van der Waals surface area contributed by atoms with Crippen LogP contribution in [0.5, 0.6) is 0 Å². The topological polar surface area (TPSA) is 97.6 Å². The van der Waals surface area contributed by atoms with Crippen LogP contribution in [0.2, 0.25) is 0 Å². The van der Waals surface area contributed by atoms with Crippen LogP contribution in [0.25, 0.3) is 22.2 Å². The maximum atomic E-state index is 14.4. The number of nitrogens with zero attached hydrogens (tertiary/aromatic N) is 3. The van der Waals surface area contributed by atoms with E-state index in [1.54, 1.807) is 6.20 Å². The number of benzene rings is 1. The number of rotatable bonds is 2. The Balaban J connectivity index is 2.36. The molecule has 0 spiro atoms. The van der Waals surface area contributed by atoms with E-state index in [9.17, 15) is 9.18 Å². The van der Waals surface area contributed by atoms with Crippen molar-refractivity contribution in [3.63, 3.8) is 0 Å². The molecule has 0 aliphatic carbocycles. The van der Waals surface area contributed by atoms with Crippen molar-refractivity contribution in [2.75, 3.05) is 0 Å². The van der Waals surface area contributed by atoms with E-state index in [2.05, 4.69) is 20.2 Å². The minimum Gasteiger partial charge on any atom is -0.364 e. The van der Waals surface area contributed by atoms with Crippen molar-refractivity contribution >= 4 is 16.8 Å². The second-order valence-corrected chi connectivity index (χ2v) is 4.34. The van der Waals surface area contributed by atoms with Gasteiger partial charge in [0, 0.05) is 10.9 Å². The van der Waals surface area contributed by atoms with E-state index < -0.39 is 17.4 Å². The molecular weight excluding hydrogens is 261 g/mol. The minimum atomic E-state index is -0.928. The number of carbonyl (C=O) groups is 1. The molecule has 20 heavy (non-hydrogen) atoms. The van der Waals surface area contributed by atoms with E-state index in [4.69, 9.17) is 5.73 Å². The highest BCUT2D eigenvalue weighted by Crippen LogP contribution is 2.31. The zero-order valence-electron chi connectivity index (χ0n) is 10.5. The second kappa shape index (κ2) is 4.37. The van der Waals surface area contributed by atoms with Gasteiger partial charge in [0.25, 0.3) is 5.91 Å². The number of H-pyrrole nitrogens is 1. The van der Waals surface area contributed by atoms with Crippen molar-refractivity contribution in [3.8, 4) is 11.3 Å². The average molecular weight is 271 g/mol. The third-order valence-corrected chi connectivity index (χ3v) is 3.09. The highest BCUT2D eigenvalue weighted by Gasteiger charge is 2.20. The van der Waals surface area contributed by atoms with Gasteiger partial charge in [-0.25, -0.2) is 14.4 Å². The first kappa shape index (κ1) is 12.2. The van der Waals surface area contributed by atoms with Crippen molar-refractivity contribution in [3.05, 3.63) is 41.7 Å². The molecule has 3 rings (SSSR count). The summed E-state index contributed by atoms with van der Waals surface area (Å²) in [6.45, 7) is 1.83. The van der Waals surface area contributed by atoms with Gasteiger partial charge in [0.15, 0.2) is 11.5 Å². The zero-order chi connectivity index (χ0) is 14.3. The Labute approximate surface area is 112 Å². The molecule has 0 unspecified atom stereocenters. The summed E-state index contributed by atoms with van der Waals surface area (Å²) in [5.41, 5.74) is 6.86. The maximum Gasteiger partial charge on any atom is 0.270 e. The van der Waals surface area contributed by atoms with Gasteiger partial charge in [0.1, 0.15) is 12.0 Å². The Morgan fingerprint density at radius 3 is 2.90 bits per heavy atom. The molecule has 2 aromatic heterocycles. The number of fused-ring (bicyclic) bond motifs is 1. The fourth-order valence-electron chi connectivity index (χ4n) is 2.16. The lowest BCUT2D eigenvalue weighted by atomic mass is 10.0. The molecule has 0 aliphatic rings. The van der Waals surface area contributed by atoms with Gasteiger partial charge in [0.05, 0.1) is 11.7 Å². The van der Waals surface area contributed by atoms with Gasteiger partial charge in [-0.1, -0.05) is 6.07 Å². The zero-order valence-corrected chi connectivity index (χ0v) is 10.5. The average Bonchev–Trinajstić information content (AvgIpc) is 2.87. The lowest BCUT2D eigenvalue weighted by Crippen LogP contribution is -2.16. The molecule has 0 saturated carbocycles. The summed E-state index contributed by atoms with van der Waals surface area (Å²) in [5, 5.41) is 7.46. The van der Waals surface area contributed by atoms with Gasteiger partial charge in [-0.15, -0.1) is 0 Å². The van der Waals surface area contributed by atoms with Crippen molar-refractivity contribution < 1.29 is 9.18 Å². The van der Waals surface area contributed by atoms with Crippen molar-refractivity contribution in [1.82, 2.24) is 20.2 Å². The van der Waals surface area contributed by atoms with Gasteiger partial charge < -0.3 is 5.73 Å². The van der Waals surface area contributed by atoms with Crippen molar-refractivity contribution in [2.45, 2.75) is 6.92 Å². The van der Waals surface area contributed by atoms with Crippen LogP contribution in [-0.4, -0.2) is 26.1 Å². The van der Waals surface area contributed by atoms with Crippen LogP contribution >= 0.6 is 0 Å². The van der Waals surface area contributed by atoms with E-state index in [1.807, 2.05) is 19.1 Å². The lowest BCUT2D eigenvalue weighted by Gasteiger charge is -2.08. The van der Waals surface area contributed by atoms with Crippen LogP contribution in [0.3, 0.4) is 0 Å². The van der Waals surface area contributed by atoms with Crippen LogP contribution in [0.4, 0.5) is 4.39 Å². The van der Waals surface area contributed by atoms with E-state index >= 15 is 0 Å². The largest absolute Gasteiger partial charge is 0.364 e. The Bertz CT molecular complexity index is 827. The summed E-state index contributed by atoms with van der Waals surface area (Å²) in [5.74, 6) is -1.75. The van der Waals surface area contributed by atoms with E-state index in [0.717, 1.165) is 22.8 Å². The number of hydrogen-bond donors (Lipinski definition) is 2. The normalized spacial score (nSPS) is 10.9. The molecule has 100 valence electrons. The van der Waals surface area contributed by atoms with Gasteiger partial charge in [-0.3, -0.25) is 9.89 Å². The SMILES string of the molecule is Cc1ccc2[nH]ncc2c1-c1ncnc(C(N)=O)c1F. The third kappa shape index (κ3) is 1.71. The molecule has 3 N–H and O–H groups in total. The van der Waals surface area contributed by atoms with Crippen LogP contribution in [0.15, 0.2) is 24.7 Å². The number of nitrogens with two attached hydrogens (primary N) is 1. The minimum absolute atomic E-state index is 0.0401. The number of amides is 1. The van der Waals surface area contributed by atoms with Crippen LogP contribution < -0.4 is 5.73 Å². The predicted molar refractivity (Wildman–Crippen MR) is 70.3 cm³/mol. The number of aromatic amines is 1. The van der Waals surface area contributed by atoms with Gasteiger partial charge in [0.2, 0.25) is 0 Å². The number of primary amides is 1. The summed E-state index contributed by atoms with van der Waals surface area (Å²) in [7, 11) is 0. The Kier molecular flexibility index (Phi) is 2.67. The Hall–Kier alpha value is -2.83. The molecule has 0 radical (unpaired) electrons. The molecule has 0 atom stereocenters. The highest BCUT2D eigenvalue weighted by atomic mass is 19.1. The molecule has 7 heteroatoms. The molecule has 0 fully saturated rings. The summed E-state index contributed by atoms with van der Waals surface area (Å²) < 4.78 is 14.4. The van der Waals surface area contributed by atoms with Crippen molar-refractivity contribution in [2.24, 2.45) is 5.73 Å². The summed E-state index contributed by atoms with van der Waals surface area (Å²) in [6.07, 6.45) is 2.71. The highest BCUT2D eigenvalue weighted by molar-refractivity contribution is 5.97. The van der Waals surface area contributed by atoms with E-state index in [1.165, 1.54) is 0 Å². The van der Waals surface area contributed by atoms with Crippen LogP contribution in [0, 0.1) is 12.7 Å². The predicted octanol–water partition coefficient (Wildman–Crippen LogP) is 1.57. The number of aromatic nitrogens is 4. The number of carbonyl (C=O) groups excluding carboxylic acids is 1. The molecule has 2 heterocycles. The monoisotopic (exact) mass is 271 g/mol. The van der Waals surface area contributed by atoms with Gasteiger partial charge in [-0.2, -0.15) is 5.10 Å². The number of halogens is 1. The summed E-state index contributed by atoms with van der Waals surface area (Å²) in [6, 6.07) is 3.66. The van der Waals surface area contributed by atoms with Gasteiger partial charge in [-0.05, 0) is 18.6 Å². The smallest absolute Gasteiger partial charge is 0.270 e. The molecule has 1 aromatic carbocycles. The molecule has 6 nitrogen and oxygen atoms in total. The molecule has 0 bridgehead atoms. The fourth-order valence-corrected chi connectivity index (χ4v) is 2.16. The molecule has 0 saturated heterocycles. The Morgan fingerprint density at radius 1 is 1.35 bits per heavy atom. The molecule has 0 aliphatic heterocycles. The van der Waals surface area contributed by atoms with E-state index in [0.29, 0.717) is 5.56 Å². The number of aryl methyl sites for hydroxylation is 1. The first-order valence-electron chi connectivity index (χ1n) is 5.83. The van der Waals surface area contributed by atoms with Gasteiger partial charge >= 0.3 is 0 Å². The first-order chi connectivity index (χ1) is 9.59. The number of hydrogen-bond acceptors (Lipinski definition) is 4. The Morgan fingerprint density at radius 2 is 2.15 bits per heavy atom.